The van der Waals surface area contributed by atoms with Crippen molar-refractivity contribution in [3.63, 3.8) is 0 Å². The molecule has 3 rings (SSSR count). The summed E-state index contributed by atoms with van der Waals surface area (Å²) in [5, 5.41) is 11.1. The zero-order chi connectivity index (χ0) is 20.1. The number of rotatable bonds is 7. The molecule has 0 aromatic heterocycles. The summed E-state index contributed by atoms with van der Waals surface area (Å²) in [5.74, 6) is 0.180. The van der Waals surface area contributed by atoms with Gasteiger partial charge in [0.25, 0.3) is 5.69 Å². The van der Waals surface area contributed by atoms with Crippen LogP contribution < -0.4 is 4.74 Å². The Morgan fingerprint density at radius 2 is 2.04 bits per heavy atom. The van der Waals surface area contributed by atoms with E-state index in [1.165, 1.54) is 12.1 Å². The summed E-state index contributed by atoms with van der Waals surface area (Å²) in [4.78, 5) is 27.1. The minimum Gasteiger partial charge on any atom is -0.494 e. The summed E-state index contributed by atoms with van der Waals surface area (Å²) in [5.41, 5.74) is 1.65. The fourth-order valence-corrected chi connectivity index (χ4v) is 2.76. The van der Waals surface area contributed by atoms with Gasteiger partial charge in [0.2, 0.25) is 5.90 Å². The maximum Gasteiger partial charge on any atom is 0.363 e. The molecule has 0 fully saturated rings. The Kier molecular flexibility index (Phi) is 5.84. The fourth-order valence-electron chi connectivity index (χ4n) is 2.76. The predicted octanol–water partition coefficient (Wildman–Crippen LogP) is 4.43. The molecule has 2 aromatic rings. The zero-order valence-corrected chi connectivity index (χ0v) is 15.7. The van der Waals surface area contributed by atoms with Crippen molar-refractivity contribution in [2.75, 3.05) is 6.61 Å². The van der Waals surface area contributed by atoms with E-state index in [-0.39, 0.29) is 17.3 Å². The number of hydrogen-bond acceptors (Lipinski definition) is 6. The maximum absolute atomic E-state index is 12.2. The maximum atomic E-state index is 12.2. The quantitative estimate of drug-likeness (QED) is 0.233. The molecular weight excluding hydrogens is 360 g/mol. The van der Waals surface area contributed by atoms with Gasteiger partial charge >= 0.3 is 5.97 Å². The molecule has 0 unspecified atom stereocenters. The van der Waals surface area contributed by atoms with Crippen LogP contribution in [0.3, 0.4) is 0 Å². The number of nitrogens with zero attached hydrogens (tertiary/aromatic N) is 2. The number of ether oxygens (including phenoxy) is 2. The lowest BCUT2D eigenvalue weighted by atomic mass is 10.1. The summed E-state index contributed by atoms with van der Waals surface area (Å²) in [6.07, 6.45) is 3.62. The summed E-state index contributed by atoms with van der Waals surface area (Å²) >= 11 is 0. The number of cyclic esters (lactones) is 1. The van der Waals surface area contributed by atoms with Gasteiger partial charge in [-0.2, -0.15) is 0 Å². The first-order valence-corrected chi connectivity index (χ1v) is 8.99. The Bertz CT molecular complexity index is 979. The molecule has 28 heavy (non-hydrogen) atoms. The number of nitro benzene ring substituents is 1. The molecule has 0 bridgehead atoms. The van der Waals surface area contributed by atoms with Crippen LogP contribution in [-0.4, -0.2) is 23.4 Å². The highest BCUT2D eigenvalue weighted by Gasteiger charge is 2.27. The molecule has 1 heterocycles. The molecule has 2 aromatic carbocycles. The van der Waals surface area contributed by atoms with Gasteiger partial charge in [0.15, 0.2) is 5.70 Å². The normalized spacial score (nSPS) is 14.7. The highest BCUT2D eigenvalue weighted by Crippen LogP contribution is 2.26. The van der Waals surface area contributed by atoms with Gasteiger partial charge in [0.05, 0.1) is 11.5 Å². The average molecular weight is 380 g/mol. The monoisotopic (exact) mass is 380 g/mol. The van der Waals surface area contributed by atoms with Crippen LogP contribution in [0.1, 0.15) is 36.5 Å². The molecule has 7 nitrogen and oxygen atoms in total. The predicted molar refractivity (Wildman–Crippen MR) is 105 cm³/mol. The minimum atomic E-state index is -0.599. The van der Waals surface area contributed by atoms with Gasteiger partial charge < -0.3 is 9.47 Å². The minimum absolute atomic E-state index is 0.0504. The lowest BCUT2D eigenvalue weighted by Gasteiger charge is -2.05. The van der Waals surface area contributed by atoms with Gasteiger partial charge in [-0.1, -0.05) is 31.5 Å². The average Bonchev–Trinajstić information content (AvgIpc) is 3.02. The number of benzene rings is 2. The topological polar surface area (TPSA) is 91.0 Å². The molecule has 0 atom stereocenters. The summed E-state index contributed by atoms with van der Waals surface area (Å²) < 4.78 is 10.9. The van der Waals surface area contributed by atoms with Crippen molar-refractivity contribution in [1.82, 2.24) is 0 Å². The van der Waals surface area contributed by atoms with Crippen LogP contribution in [0.4, 0.5) is 5.69 Å². The standard InChI is InChI=1S/C21H20N2O5/c1-3-4-11-27-16-8-5-7-15(12-16)13-18-21(24)28-20(22-18)17-9-6-10-19(14(17)2)23(25)26/h5-10,12-13H,3-4,11H2,1-2H3/b18-13-. The summed E-state index contributed by atoms with van der Waals surface area (Å²) in [6.45, 7) is 4.32. The van der Waals surface area contributed by atoms with E-state index >= 15 is 0 Å². The fraction of sp³-hybridized carbons (Fsp3) is 0.238. The highest BCUT2D eigenvalue weighted by atomic mass is 16.6. The smallest absolute Gasteiger partial charge is 0.363 e. The van der Waals surface area contributed by atoms with Gasteiger partial charge in [0, 0.05) is 17.2 Å². The first-order valence-electron chi connectivity index (χ1n) is 8.99. The lowest BCUT2D eigenvalue weighted by Crippen LogP contribution is -2.08. The van der Waals surface area contributed by atoms with Gasteiger partial charge in [0.1, 0.15) is 5.75 Å². The van der Waals surface area contributed by atoms with Crippen LogP contribution in [0.5, 0.6) is 5.75 Å². The highest BCUT2D eigenvalue weighted by molar-refractivity contribution is 6.13. The number of unbranched alkanes of at least 4 members (excludes halogenated alkanes) is 1. The molecule has 0 N–H and O–H groups in total. The van der Waals surface area contributed by atoms with Crippen LogP contribution in [0.15, 0.2) is 53.2 Å². The van der Waals surface area contributed by atoms with E-state index in [0.29, 0.717) is 23.5 Å². The van der Waals surface area contributed by atoms with Crippen LogP contribution in [-0.2, 0) is 9.53 Å². The molecule has 0 saturated carbocycles. The van der Waals surface area contributed by atoms with E-state index in [1.54, 1.807) is 19.1 Å². The van der Waals surface area contributed by atoms with Crippen LogP contribution >= 0.6 is 0 Å². The second-order valence-electron chi connectivity index (χ2n) is 6.32. The number of nitro groups is 1. The first-order chi connectivity index (χ1) is 13.5. The SMILES string of the molecule is CCCCOc1cccc(/C=C2\N=C(c3cccc([N+](=O)[O-])c3C)OC2=O)c1. The van der Waals surface area contributed by atoms with Crippen molar-refractivity contribution in [1.29, 1.82) is 0 Å². The second kappa shape index (κ2) is 8.47. The van der Waals surface area contributed by atoms with Gasteiger partial charge in [-0.05, 0) is 43.2 Å². The van der Waals surface area contributed by atoms with Crippen molar-refractivity contribution in [3.05, 3.63) is 75.0 Å². The van der Waals surface area contributed by atoms with E-state index in [4.69, 9.17) is 9.47 Å². The Balaban J connectivity index is 1.87. The number of carbonyl (C=O) groups excluding carboxylic acids is 1. The summed E-state index contributed by atoms with van der Waals surface area (Å²) in [7, 11) is 0. The second-order valence-corrected chi connectivity index (χ2v) is 6.32. The van der Waals surface area contributed by atoms with Crippen LogP contribution in [0, 0.1) is 17.0 Å². The molecule has 7 heteroatoms. The molecule has 1 aliphatic rings. The number of carbonyl (C=O) groups is 1. The Labute approximate surface area is 162 Å². The molecule has 0 aliphatic carbocycles. The molecule has 0 amide bonds. The van der Waals surface area contributed by atoms with Gasteiger partial charge in [-0.15, -0.1) is 0 Å². The first kappa shape index (κ1) is 19.3. The zero-order valence-electron chi connectivity index (χ0n) is 15.7. The molecule has 144 valence electrons. The Morgan fingerprint density at radius 3 is 2.79 bits per heavy atom. The van der Waals surface area contributed by atoms with Crippen molar-refractivity contribution >= 4 is 23.6 Å². The van der Waals surface area contributed by atoms with Crippen LogP contribution in [0.25, 0.3) is 6.08 Å². The van der Waals surface area contributed by atoms with E-state index in [1.807, 2.05) is 24.3 Å². The number of aliphatic imine (C=N–C) groups is 1. The number of hydrogen-bond donors (Lipinski definition) is 0. The van der Waals surface area contributed by atoms with E-state index in [0.717, 1.165) is 18.4 Å². The van der Waals surface area contributed by atoms with Crippen molar-refractivity contribution in [3.8, 4) is 5.75 Å². The third-order valence-corrected chi connectivity index (χ3v) is 4.28. The third kappa shape index (κ3) is 4.25. The summed E-state index contributed by atoms with van der Waals surface area (Å²) in [6, 6.07) is 11.9. The Hall–Kier alpha value is -3.48. The lowest BCUT2D eigenvalue weighted by molar-refractivity contribution is -0.385. The van der Waals surface area contributed by atoms with Crippen molar-refractivity contribution in [2.24, 2.45) is 4.99 Å². The van der Waals surface area contributed by atoms with Crippen molar-refractivity contribution < 1.29 is 19.2 Å². The van der Waals surface area contributed by atoms with E-state index in [9.17, 15) is 14.9 Å². The largest absolute Gasteiger partial charge is 0.494 e. The van der Waals surface area contributed by atoms with Crippen LogP contribution in [0.2, 0.25) is 0 Å². The van der Waals surface area contributed by atoms with E-state index in [2.05, 4.69) is 11.9 Å². The van der Waals surface area contributed by atoms with Gasteiger partial charge in [-0.3, -0.25) is 10.1 Å². The molecule has 0 saturated heterocycles. The van der Waals surface area contributed by atoms with Crippen molar-refractivity contribution in [2.45, 2.75) is 26.7 Å². The molecular formula is C21H20N2O5. The molecule has 0 spiro atoms. The number of esters is 1. The van der Waals surface area contributed by atoms with E-state index < -0.39 is 10.9 Å². The molecule has 1 aliphatic heterocycles. The molecule has 0 radical (unpaired) electrons. The Morgan fingerprint density at radius 1 is 1.25 bits per heavy atom. The van der Waals surface area contributed by atoms with Gasteiger partial charge in [-0.25, -0.2) is 9.79 Å². The third-order valence-electron chi connectivity index (χ3n) is 4.28.